The molecule has 0 amide bonds. The Morgan fingerprint density at radius 1 is 0.690 bits per heavy atom. The van der Waals surface area contributed by atoms with Gasteiger partial charge in [0.2, 0.25) is 0 Å². The van der Waals surface area contributed by atoms with Crippen LogP contribution in [0.5, 0.6) is 5.75 Å². The van der Waals surface area contributed by atoms with Crippen LogP contribution in [-0.2, 0) is 12.8 Å². The lowest BCUT2D eigenvalue weighted by Crippen LogP contribution is -2.27. The lowest BCUT2D eigenvalue weighted by Gasteiger charge is -2.38. The Labute approximate surface area is 424 Å². The molecule has 0 fully saturated rings. The molecular formula is C69H65NO. The Hall–Kier alpha value is -8.38. The van der Waals surface area contributed by atoms with Crippen molar-refractivity contribution in [2.45, 2.75) is 46.0 Å². The fourth-order valence-corrected chi connectivity index (χ4v) is 9.19. The number of nitrogens with zero attached hydrogens (tertiary/aromatic N) is 1. The maximum Gasteiger partial charge on any atom is 0.147 e. The number of ether oxygens (including phenoxy) is 1. The number of allylic oxidation sites excluding steroid dienone is 26. The highest BCUT2D eigenvalue weighted by Gasteiger charge is 2.37. The molecule has 4 aromatic carbocycles. The third kappa shape index (κ3) is 12.8. The molecule has 1 unspecified atom stereocenters. The Morgan fingerprint density at radius 3 is 2.35 bits per heavy atom. The van der Waals surface area contributed by atoms with E-state index in [0.717, 1.165) is 87.5 Å². The number of benzene rings is 4. The van der Waals surface area contributed by atoms with E-state index in [1.165, 1.54) is 22.3 Å². The van der Waals surface area contributed by atoms with Gasteiger partial charge in [0, 0.05) is 27.9 Å². The topological polar surface area (TPSA) is 12.5 Å². The van der Waals surface area contributed by atoms with E-state index in [1.807, 2.05) is 54.7 Å². The van der Waals surface area contributed by atoms with Gasteiger partial charge in [-0.25, -0.2) is 0 Å². The maximum atomic E-state index is 7.28. The first-order valence-corrected chi connectivity index (χ1v) is 24.6. The van der Waals surface area contributed by atoms with Gasteiger partial charge in [0.1, 0.15) is 12.4 Å². The van der Waals surface area contributed by atoms with Gasteiger partial charge in [-0.2, -0.15) is 0 Å². The Morgan fingerprint density at radius 2 is 1.51 bits per heavy atom. The second kappa shape index (κ2) is 25.8. The first-order valence-electron chi connectivity index (χ1n) is 24.6. The van der Waals surface area contributed by atoms with Crippen LogP contribution in [-0.4, -0.2) is 6.61 Å². The molecule has 352 valence electrons. The SMILES string of the molecule is C=C/C=C\C=C/CC1(C(/C=C\CC)=C/C=C)C/C=C\C=C=CC(=C)/C2=C1/C=C\Cc1cccc(N(c3ccccc3)c3ccc4c(c3)C(=C)/C=C\C=C/Cc3ccccc3-4)c1OC2.CC1=CC=C=CC=C1. The predicted octanol–water partition coefficient (Wildman–Crippen LogP) is 18.5. The van der Waals surface area contributed by atoms with Crippen LogP contribution in [0, 0.1) is 5.41 Å². The molecular weight excluding hydrogens is 859 g/mol. The van der Waals surface area contributed by atoms with Crippen LogP contribution in [0.3, 0.4) is 0 Å². The average Bonchev–Trinajstić information content (AvgIpc) is 3.59. The highest BCUT2D eigenvalue weighted by molar-refractivity contribution is 5.90. The average molecular weight is 924 g/mol. The molecule has 1 atom stereocenters. The lowest BCUT2D eigenvalue weighted by atomic mass is 9.66. The monoisotopic (exact) mass is 924 g/mol. The Kier molecular flexibility index (Phi) is 18.4. The second-order valence-corrected chi connectivity index (χ2v) is 17.5. The summed E-state index contributed by atoms with van der Waals surface area (Å²) in [5.74, 6) is 0.825. The van der Waals surface area contributed by atoms with Crippen LogP contribution >= 0.6 is 0 Å². The van der Waals surface area contributed by atoms with Crippen molar-refractivity contribution in [3.8, 4) is 16.9 Å². The van der Waals surface area contributed by atoms with Gasteiger partial charge in [0.25, 0.3) is 0 Å². The van der Waals surface area contributed by atoms with E-state index in [9.17, 15) is 0 Å². The van der Waals surface area contributed by atoms with E-state index >= 15 is 0 Å². The molecule has 0 radical (unpaired) electrons. The third-order valence-corrected chi connectivity index (χ3v) is 12.7. The van der Waals surface area contributed by atoms with Crippen molar-refractivity contribution in [1.29, 1.82) is 0 Å². The van der Waals surface area contributed by atoms with E-state index in [-0.39, 0.29) is 0 Å². The summed E-state index contributed by atoms with van der Waals surface area (Å²) in [6.45, 7) is 21.8. The molecule has 4 aliphatic rings. The summed E-state index contributed by atoms with van der Waals surface area (Å²) in [5, 5.41) is 0. The molecule has 0 saturated heterocycles. The first-order chi connectivity index (χ1) is 34.9. The zero-order valence-electron chi connectivity index (χ0n) is 41.4. The van der Waals surface area contributed by atoms with Crippen LogP contribution in [0.25, 0.3) is 16.7 Å². The van der Waals surface area contributed by atoms with Crippen LogP contribution in [0.15, 0.2) is 302 Å². The van der Waals surface area contributed by atoms with E-state index in [4.69, 9.17) is 4.74 Å². The maximum absolute atomic E-state index is 7.28. The van der Waals surface area contributed by atoms with Crippen molar-refractivity contribution < 1.29 is 4.74 Å². The minimum Gasteiger partial charge on any atom is -0.486 e. The lowest BCUT2D eigenvalue weighted by molar-refractivity contribution is 0.346. The van der Waals surface area contributed by atoms with Crippen LogP contribution in [0.4, 0.5) is 17.1 Å². The van der Waals surface area contributed by atoms with Gasteiger partial charge in [0.15, 0.2) is 0 Å². The highest BCUT2D eigenvalue weighted by Crippen LogP contribution is 2.50. The summed E-state index contributed by atoms with van der Waals surface area (Å²) in [6.07, 6.45) is 53.9. The minimum absolute atomic E-state index is 0.295. The molecule has 0 saturated carbocycles. The van der Waals surface area contributed by atoms with E-state index in [0.29, 0.717) is 13.0 Å². The van der Waals surface area contributed by atoms with E-state index < -0.39 is 5.41 Å². The zero-order valence-corrected chi connectivity index (χ0v) is 41.4. The number of para-hydroxylation sites is 2. The number of rotatable bonds is 11. The van der Waals surface area contributed by atoms with Crippen LogP contribution in [0.1, 0.15) is 49.8 Å². The van der Waals surface area contributed by atoms with Gasteiger partial charge >= 0.3 is 0 Å². The molecule has 0 spiro atoms. The van der Waals surface area contributed by atoms with Crippen LogP contribution < -0.4 is 9.64 Å². The molecule has 3 aliphatic carbocycles. The number of hydrogen-bond donors (Lipinski definition) is 0. The molecule has 2 heteroatoms. The summed E-state index contributed by atoms with van der Waals surface area (Å²) in [5.41, 5.74) is 21.1. The van der Waals surface area contributed by atoms with Gasteiger partial charge in [-0.3, -0.25) is 0 Å². The summed E-state index contributed by atoms with van der Waals surface area (Å²) in [7, 11) is 0. The Balaban J connectivity index is 0.000000842. The van der Waals surface area contributed by atoms with Crippen molar-refractivity contribution in [3.05, 3.63) is 319 Å². The Bertz CT molecular complexity index is 3100. The third-order valence-electron chi connectivity index (χ3n) is 12.7. The highest BCUT2D eigenvalue weighted by atomic mass is 16.5. The molecule has 2 nitrogen and oxygen atoms in total. The molecule has 1 aliphatic heterocycles. The van der Waals surface area contributed by atoms with Crippen molar-refractivity contribution in [1.82, 2.24) is 0 Å². The smallest absolute Gasteiger partial charge is 0.147 e. The fraction of sp³-hybridized carbons (Fsp3) is 0.130. The van der Waals surface area contributed by atoms with Crippen molar-refractivity contribution in [3.63, 3.8) is 0 Å². The van der Waals surface area contributed by atoms with Crippen molar-refractivity contribution >= 4 is 22.6 Å². The second-order valence-electron chi connectivity index (χ2n) is 17.5. The molecule has 1 heterocycles. The van der Waals surface area contributed by atoms with Crippen molar-refractivity contribution in [2.24, 2.45) is 5.41 Å². The standard InChI is InChI=1S/C61H57NO.C8H8/c1-6-9-11-13-24-43-61(51(28-8-3)35-10-7-2)44-25-14-12-17-30-48(5)57-46-63-60-50(33-26-39-58(57)61)34-27-40-59(60)62(52-36-20-16-21-37-52)53-41-42-55-54-38-23-22-32-49(54)31-19-15-18-29-47(4)56(55)45-53;1-8-6-4-2-3-5-7-8/h6,8-16,18-30,32,34-42,45H,1,3-5,7,31,33,43-44,46H2,2H3;2,4-7H,1H3/b11-9-,19-15-,24-13-,25-14-,29-18-,35-10-,39-26-,51-28+,58-57-;. The first kappa shape index (κ1) is 50.5. The van der Waals surface area contributed by atoms with E-state index in [1.54, 1.807) is 6.08 Å². The normalized spacial score (nSPS) is 20.3. The summed E-state index contributed by atoms with van der Waals surface area (Å²) >= 11 is 0. The van der Waals surface area contributed by atoms with Crippen molar-refractivity contribution in [2.75, 3.05) is 11.5 Å². The molecule has 71 heavy (non-hydrogen) atoms. The predicted molar refractivity (Wildman–Crippen MR) is 307 cm³/mol. The molecule has 0 N–H and O–H groups in total. The largest absolute Gasteiger partial charge is 0.486 e. The van der Waals surface area contributed by atoms with E-state index in [2.05, 4.69) is 233 Å². The van der Waals surface area contributed by atoms with Gasteiger partial charge in [-0.15, -0.1) is 11.5 Å². The summed E-state index contributed by atoms with van der Waals surface area (Å²) in [6, 6.07) is 32.5. The number of hydrogen-bond acceptors (Lipinski definition) is 2. The van der Waals surface area contributed by atoms with Crippen LogP contribution in [0.2, 0.25) is 0 Å². The summed E-state index contributed by atoms with van der Waals surface area (Å²) in [4.78, 5) is 2.32. The summed E-state index contributed by atoms with van der Waals surface area (Å²) < 4.78 is 7.28. The quantitative estimate of drug-likeness (QED) is 0.110. The fourth-order valence-electron chi connectivity index (χ4n) is 9.19. The van der Waals surface area contributed by atoms with Gasteiger partial charge < -0.3 is 9.64 Å². The molecule has 0 bridgehead atoms. The van der Waals surface area contributed by atoms with Gasteiger partial charge in [-0.05, 0) is 138 Å². The van der Waals surface area contributed by atoms with Gasteiger partial charge in [-0.1, -0.05) is 221 Å². The number of fused-ring (bicyclic) bond motifs is 4. The minimum atomic E-state index is -0.481. The molecule has 0 aromatic heterocycles. The molecule has 4 aromatic rings. The van der Waals surface area contributed by atoms with Gasteiger partial charge in [0.05, 0.1) is 5.69 Å². The molecule has 8 rings (SSSR count). The zero-order chi connectivity index (χ0) is 49.7. The number of anilines is 3.